The molecule has 0 aliphatic carbocycles. The number of rotatable bonds is 8. The van der Waals surface area contributed by atoms with E-state index in [-0.39, 0.29) is 12.5 Å². The molecule has 0 saturated heterocycles. The van der Waals surface area contributed by atoms with Gasteiger partial charge in [0.2, 0.25) is 15.9 Å². The molecular formula is C16H24N2O5S. The van der Waals surface area contributed by atoms with E-state index in [2.05, 4.69) is 5.32 Å². The molecule has 0 unspecified atom stereocenters. The first kappa shape index (κ1) is 18.5. The van der Waals surface area contributed by atoms with E-state index in [1.54, 1.807) is 18.2 Å². The summed E-state index contributed by atoms with van der Waals surface area (Å²) in [6.07, 6.45) is 3.77. The van der Waals surface area contributed by atoms with Crippen molar-refractivity contribution in [3.63, 3.8) is 0 Å². The van der Waals surface area contributed by atoms with Gasteiger partial charge in [-0.1, -0.05) is 19.8 Å². The summed E-state index contributed by atoms with van der Waals surface area (Å²) < 4.78 is 35.7. The Bertz CT molecular complexity index is 675. The van der Waals surface area contributed by atoms with E-state index in [9.17, 15) is 13.2 Å². The smallest absolute Gasteiger partial charge is 0.239 e. The Hall–Kier alpha value is -1.80. The van der Waals surface area contributed by atoms with Crippen LogP contribution < -0.4 is 14.8 Å². The second-order valence-electron chi connectivity index (χ2n) is 5.71. The summed E-state index contributed by atoms with van der Waals surface area (Å²) in [5.41, 5.74) is 0.547. The lowest BCUT2D eigenvalue weighted by atomic mass is 10.2. The SMILES string of the molecule is CCCCCN(CC(=O)Nc1ccc2c(c1)OCCO2)S(C)(=O)=O. The normalized spacial score (nSPS) is 13.8. The monoisotopic (exact) mass is 356 g/mol. The Balaban J connectivity index is 1.97. The molecule has 1 aromatic rings. The third-order valence-electron chi connectivity index (χ3n) is 3.63. The Kier molecular flexibility index (Phi) is 6.44. The lowest BCUT2D eigenvalue weighted by Crippen LogP contribution is -2.38. The first-order valence-corrected chi connectivity index (χ1v) is 9.89. The predicted molar refractivity (Wildman–Crippen MR) is 92.0 cm³/mol. The van der Waals surface area contributed by atoms with E-state index < -0.39 is 10.0 Å². The van der Waals surface area contributed by atoms with Crippen LogP contribution in [0.5, 0.6) is 11.5 Å². The van der Waals surface area contributed by atoms with Crippen molar-refractivity contribution in [3.8, 4) is 11.5 Å². The average molecular weight is 356 g/mol. The number of benzene rings is 1. The average Bonchev–Trinajstić information content (AvgIpc) is 2.53. The summed E-state index contributed by atoms with van der Waals surface area (Å²) in [6, 6.07) is 5.10. The summed E-state index contributed by atoms with van der Waals surface area (Å²) in [7, 11) is -3.42. The number of unbranched alkanes of at least 4 members (excludes halogenated alkanes) is 2. The number of anilines is 1. The minimum atomic E-state index is -3.42. The van der Waals surface area contributed by atoms with Crippen molar-refractivity contribution in [2.45, 2.75) is 26.2 Å². The second-order valence-corrected chi connectivity index (χ2v) is 7.69. The molecule has 24 heavy (non-hydrogen) atoms. The van der Waals surface area contributed by atoms with Crippen molar-refractivity contribution in [3.05, 3.63) is 18.2 Å². The topological polar surface area (TPSA) is 84.9 Å². The standard InChI is InChI=1S/C16H24N2O5S/c1-3-4-5-8-18(24(2,20)21)12-16(19)17-13-6-7-14-15(11-13)23-10-9-22-14/h6-7,11H,3-5,8-10,12H2,1-2H3,(H,17,19). The fourth-order valence-electron chi connectivity index (χ4n) is 2.38. The van der Waals surface area contributed by atoms with Crippen LogP contribution in [0.15, 0.2) is 18.2 Å². The number of nitrogens with zero attached hydrogens (tertiary/aromatic N) is 1. The van der Waals surface area contributed by atoms with Crippen LogP contribution >= 0.6 is 0 Å². The molecule has 0 radical (unpaired) electrons. The summed E-state index contributed by atoms with van der Waals surface area (Å²) >= 11 is 0. The Morgan fingerprint density at radius 3 is 2.58 bits per heavy atom. The Morgan fingerprint density at radius 2 is 1.92 bits per heavy atom. The molecule has 1 amide bonds. The van der Waals surface area contributed by atoms with Gasteiger partial charge in [-0.05, 0) is 18.6 Å². The van der Waals surface area contributed by atoms with E-state index in [0.717, 1.165) is 25.5 Å². The number of fused-ring (bicyclic) bond motifs is 1. The van der Waals surface area contributed by atoms with Gasteiger partial charge >= 0.3 is 0 Å². The highest BCUT2D eigenvalue weighted by atomic mass is 32.2. The molecule has 1 aromatic carbocycles. The summed E-state index contributed by atoms with van der Waals surface area (Å²) in [5.74, 6) is 0.826. The zero-order valence-corrected chi connectivity index (χ0v) is 14.9. The first-order chi connectivity index (χ1) is 11.4. The molecule has 1 N–H and O–H groups in total. The van der Waals surface area contributed by atoms with Crippen LogP contribution in [0.2, 0.25) is 0 Å². The van der Waals surface area contributed by atoms with Crippen molar-refractivity contribution < 1.29 is 22.7 Å². The first-order valence-electron chi connectivity index (χ1n) is 8.05. The third kappa shape index (κ3) is 5.38. The number of nitrogens with one attached hydrogen (secondary N) is 1. The lowest BCUT2D eigenvalue weighted by molar-refractivity contribution is -0.116. The molecule has 0 fully saturated rings. The number of carbonyl (C=O) groups excluding carboxylic acids is 1. The number of sulfonamides is 1. The molecular weight excluding hydrogens is 332 g/mol. The maximum absolute atomic E-state index is 12.2. The molecule has 0 bridgehead atoms. The molecule has 0 spiro atoms. The van der Waals surface area contributed by atoms with Crippen LogP contribution in [0.3, 0.4) is 0 Å². The highest BCUT2D eigenvalue weighted by Crippen LogP contribution is 2.32. The van der Waals surface area contributed by atoms with Gasteiger partial charge in [0.05, 0.1) is 12.8 Å². The number of hydrogen-bond acceptors (Lipinski definition) is 5. The predicted octanol–water partition coefficient (Wildman–Crippen LogP) is 1.85. The fraction of sp³-hybridized carbons (Fsp3) is 0.562. The van der Waals surface area contributed by atoms with Gasteiger partial charge in [-0.2, -0.15) is 4.31 Å². The van der Waals surface area contributed by atoms with Crippen LogP contribution in [0, 0.1) is 0 Å². The van der Waals surface area contributed by atoms with Crippen molar-refractivity contribution in [1.82, 2.24) is 4.31 Å². The van der Waals surface area contributed by atoms with E-state index in [1.807, 2.05) is 6.92 Å². The molecule has 0 aromatic heterocycles. The Labute approximate surface area is 143 Å². The highest BCUT2D eigenvalue weighted by molar-refractivity contribution is 7.88. The van der Waals surface area contributed by atoms with Crippen LogP contribution in [-0.4, -0.2) is 51.2 Å². The molecule has 134 valence electrons. The molecule has 8 heteroatoms. The van der Waals surface area contributed by atoms with Gasteiger partial charge in [-0.3, -0.25) is 4.79 Å². The van der Waals surface area contributed by atoms with E-state index >= 15 is 0 Å². The minimum Gasteiger partial charge on any atom is -0.486 e. The van der Waals surface area contributed by atoms with Gasteiger partial charge in [-0.15, -0.1) is 0 Å². The molecule has 0 atom stereocenters. The van der Waals surface area contributed by atoms with Crippen molar-refractivity contribution in [2.24, 2.45) is 0 Å². The van der Waals surface area contributed by atoms with Gasteiger partial charge < -0.3 is 14.8 Å². The number of amides is 1. The number of carbonyl (C=O) groups is 1. The van der Waals surface area contributed by atoms with Crippen molar-refractivity contribution in [2.75, 3.05) is 37.9 Å². The summed E-state index contributed by atoms with van der Waals surface area (Å²) in [5, 5.41) is 2.70. The van der Waals surface area contributed by atoms with E-state index in [1.165, 1.54) is 4.31 Å². The summed E-state index contributed by atoms with van der Waals surface area (Å²) in [4.78, 5) is 12.2. The number of hydrogen-bond donors (Lipinski definition) is 1. The zero-order chi connectivity index (χ0) is 17.6. The maximum atomic E-state index is 12.2. The molecule has 1 aliphatic rings. The quantitative estimate of drug-likeness (QED) is 0.719. The molecule has 7 nitrogen and oxygen atoms in total. The third-order valence-corrected chi connectivity index (χ3v) is 4.88. The van der Waals surface area contributed by atoms with Crippen molar-refractivity contribution in [1.29, 1.82) is 0 Å². The van der Waals surface area contributed by atoms with Gasteiger partial charge in [0.15, 0.2) is 11.5 Å². The van der Waals surface area contributed by atoms with Gasteiger partial charge in [0.25, 0.3) is 0 Å². The van der Waals surface area contributed by atoms with Gasteiger partial charge in [-0.25, -0.2) is 8.42 Å². The minimum absolute atomic E-state index is 0.197. The van der Waals surface area contributed by atoms with Crippen LogP contribution in [0.4, 0.5) is 5.69 Å². The zero-order valence-electron chi connectivity index (χ0n) is 14.1. The molecule has 1 aliphatic heterocycles. The molecule has 1 heterocycles. The van der Waals surface area contributed by atoms with Gasteiger partial charge in [0.1, 0.15) is 13.2 Å². The second kappa shape index (κ2) is 8.34. The highest BCUT2D eigenvalue weighted by Gasteiger charge is 2.20. The van der Waals surface area contributed by atoms with Crippen LogP contribution in [0.25, 0.3) is 0 Å². The Morgan fingerprint density at radius 1 is 1.21 bits per heavy atom. The summed E-state index contributed by atoms with van der Waals surface area (Å²) in [6.45, 7) is 3.15. The largest absolute Gasteiger partial charge is 0.486 e. The molecule has 0 saturated carbocycles. The van der Waals surface area contributed by atoms with Crippen LogP contribution in [-0.2, 0) is 14.8 Å². The van der Waals surface area contributed by atoms with Crippen molar-refractivity contribution >= 4 is 21.6 Å². The number of ether oxygens (including phenoxy) is 2. The molecule has 2 rings (SSSR count). The lowest BCUT2D eigenvalue weighted by Gasteiger charge is -2.21. The maximum Gasteiger partial charge on any atom is 0.239 e. The van der Waals surface area contributed by atoms with Gasteiger partial charge in [0, 0.05) is 18.3 Å². The van der Waals surface area contributed by atoms with E-state index in [0.29, 0.717) is 36.9 Å². The van der Waals surface area contributed by atoms with Crippen LogP contribution in [0.1, 0.15) is 26.2 Å². The van der Waals surface area contributed by atoms with E-state index in [4.69, 9.17) is 9.47 Å². The fourth-order valence-corrected chi connectivity index (χ4v) is 3.19.